The van der Waals surface area contributed by atoms with Crippen molar-refractivity contribution < 1.29 is 9.21 Å². The van der Waals surface area contributed by atoms with Crippen LogP contribution in [-0.4, -0.2) is 33.4 Å². The Morgan fingerprint density at radius 2 is 2.04 bits per heavy atom. The van der Waals surface area contributed by atoms with Gasteiger partial charge in [-0.3, -0.25) is 14.2 Å². The summed E-state index contributed by atoms with van der Waals surface area (Å²) in [7, 11) is 0. The van der Waals surface area contributed by atoms with E-state index in [9.17, 15) is 14.4 Å². The van der Waals surface area contributed by atoms with Gasteiger partial charge in [-0.15, -0.1) is 11.3 Å². The number of piperidine rings is 1. The number of nitrogens with one attached hydrogen (secondary N) is 1. The predicted molar refractivity (Wildman–Crippen MR) is 89.6 cm³/mol. The minimum atomic E-state index is -0.384. The highest BCUT2D eigenvalue weighted by Gasteiger charge is 2.27. The number of carbonyl (C=O) groups excluding carboxylic acids is 1. The highest BCUT2D eigenvalue weighted by molar-refractivity contribution is 7.17. The summed E-state index contributed by atoms with van der Waals surface area (Å²) in [5, 5.41) is 1.79. The number of furan rings is 1. The molecule has 7 nitrogen and oxygen atoms in total. The van der Waals surface area contributed by atoms with Gasteiger partial charge in [0.15, 0.2) is 0 Å². The summed E-state index contributed by atoms with van der Waals surface area (Å²) in [6.07, 6.45) is 4.04. The van der Waals surface area contributed by atoms with Gasteiger partial charge in [0.1, 0.15) is 11.0 Å². The average molecular weight is 345 g/mol. The highest BCUT2D eigenvalue weighted by atomic mass is 32.1. The molecule has 0 aliphatic carbocycles. The predicted octanol–water partition coefficient (Wildman–Crippen LogP) is 1.82. The number of thiophene rings is 1. The van der Waals surface area contributed by atoms with E-state index in [1.165, 1.54) is 28.4 Å². The molecule has 1 aliphatic heterocycles. The standard InChI is InChI=1S/C16H15N3O4S/c20-14(10-3-7-23-9-10)18-5-1-11(2-6-18)19-15(21)13-12(4-8-24-13)17-16(19)22/h3-4,7-9,11H,1-2,5-6H2,(H,17,22). The normalized spacial score (nSPS) is 15.9. The molecule has 1 aliphatic rings. The lowest BCUT2D eigenvalue weighted by molar-refractivity contribution is 0.0691. The van der Waals surface area contributed by atoms with Crippen LogP contribution in [0.3, 0.4) is 0 Å². The summed E-state index contributed by atoms with van der Waals surface area (Å²) >= 11 is 1.33. The number of hydrogen-bond donors (Lipinski definition) is 1. The van der Waals surface area contributed by atoms with Crippen molar-refractivity contribution >= 4 is 27.5 Å². The molecule has 0 atom stereocenters. The second-order valence-corrected chi connectivity index (χ2v) is 6.72. The molecule has 0 unspecified atom stereocenters. The first-order chi connectivity index (χ1) is 11.6. The Morgan fingerprint density at radius 3 is 2.75 bits per heavy atom. The van der Waals surface area contributed by atoms with E-state index in [1.807, 2.05) is 0 Å². The number of carbonyl (C=O) groups is 1. The fourth-order valence-corrected chi connectivity index (χ4v) is 3.96. The molecule has 8 heteroatoms. The van der Waals surface area contributed by atoms with Crippen molar-refractivity contribution in [2.75, 3.05) is 13.1 Å². The molecule has 3 aromatic rings. The highest BCUT2D eigenvalue weighted by Crippen LogP contribution is 2.22. The van der Waals surface area contributed by atoms with Gasteiger partial charge < -0.3 is 14.3 Å². The number of likely N-dealkylation sites (tertiary alicyclic amines) is 1. The minimum absolute atomic E-state index is 0.0860. The third-order valence-electron chi connectivity index (χ3n) is 4.42. The van der Waals surface area contributed by atoms with Crippen LogP contribution in [0, 0.1) is 0 Å². The van der Waals surface area contributed by atoms with Crippen LogP contribution in [0.25, 0.3) is 10.2 Å². The van der Waals surface area contributed by atoms with Gasteiger partial charge in [0.25, 0.3) is 11.5 Å². The number of hydrogen-bond acceptors (Lipinski definition) is 5. The first-order valence-corrected chi connectivity index (χ1v) is 8.56. The van der Waals surface area contributed by atoms with Crippen LogP contribution in [0.15, 0.2) is 44.0 Å². The van der Waals surface area contributed by atoms with Gasteiger partial charge in [0, 0.05) is 19.1 Å². The zero-order chi connectivity index (χ0) is 16.7. The molecule has 0 aromatic carbocycles. The summed E-state index contributed by atoms with van der Waals surface area (Å²) in [6.45, 7) is 1.01. The molecule has 0 bridgehead atoms. The Balaban J connectivity index is 1.57. The molecular weight excluding hydrogens is 330 g/mol. The van der Waals surface area contributed by atoms with E-state index in [4.69, 9.17) is 4.42 Å². The van der Waals surface area contributed by atoms with Crippen molar-refractivity contribution in [3.63, 3.8) is 0 Å². The number of aromatic nitrogens is 2. The van der Waals surface area contributed by atoms with Crippen molar-refractivity contribution in [3.05, 3.63) is 56.4 Å². The molecular formula is C16H15N3O4S. The molecule has 0 radical (unpaired) electrons. The molecule has 3 aromatic heterocycles. The maximum Gasteiger partial charge on any atom is 0.329 e. The second kappa shape index (κ2) is 5.79. The van der Waals surface area contributed by atoms with Crippen LogP contribution in [0.2, 0.25) is 0 Å². The van der Waals surface area contributed by atoms with Gasteiger partial charge in [0.05, 0.1) is 17.3 Å². The molecule has 1 N–H and O–H groups in total. The van der Waals surface area contributed by atoms with Crippen molar-refractivity contribution in [2.45, 2.75) is 18.9 Å². The summed E-state index contributed by atoms with van der Waals surface area (Å²) in [5.41, 5.74) is 0.469. The van der Waals surface area contributed by atoms with E-state index in [1.54, 1.807) is 22.4 Å². The van der Waals surface area contributed by atoms with Crippen LogP contribution < -0.4 is 11.2 Å². The minimum Gasteiger partial charge on any atom is -0.472 e. The number of fused-ring (bicyclic) bond motifs is 1. The third-order valence-corrected chi connectivity index (χ3v) is 5.33. The smallest absolute Gasteiger partial charge is 0.329 e. The summed E-state index contributed by atoms with van der Waals surface area (Å²) in [5.74, 6) is -0.0860. The monoisotopic (exact) mass is 345 g/mol. The van der Waals surface area contributed by atoms with Gasteiger partial charge in [-0.1, -0.05) is 0 Å². The number of nitrogens with zero attached hydrogens (tertiary/aromatic N) is 2. The molecule has 1 amide bonds. The fourth-order valence-electron chi connectivity index (χ4n) is 3.18. The topological polar surface area (TPSA) is 88.3 Å². The van der Waals surface area contributed by atoms with Crippen LogP contribution >= 0.6 is 11.3 Å². The van der Waals surface area contributed by atoms with Crippen LogP contribution in [0.4, 0.5) is 0 Å². The largest absolute Gasteiger partial charge is 0.472 e. The Labute approximate surface area is 140 Å². The van der Waals surface area contributed by atoms with E-state index in [0.717, 1.165) is 0 Å². The molecule has 24 heavy (non-hydrogen) atoms. The van der Waals surface area contributed by atoms with Gasteiger partial charge >= 0.3 is 5.69 Å². The maximum atomic E-state index is 12.6. The van der Waals surface area contributed by atoms with E-state index in [2.05, 4.69) is 4.98 Å². The summed E-state index contributed by atoms with van der Waals surface area (Å²) in [4.78, 5) is 41.6. The Kier molecular flexibility index (Phi) is 3.61. The van der Waals surface area contributed by atoms with Crippen molar-refractivity contribution in [1.82, 2.24) is 14.5 Å². The summed E-state index contributed by atoms with van der Waals surface area (Å²) < 4.78 is 6.81. The number of H-pyrrole nitrogens is 1. The van der Waals surface area contributed by atoms with Gasteiger partial charge in [-0.05, 0) is 30.4 Å². The summed E-state index contributed by atoms with van der Waals surface area (Å²) in [6, 6.07) is 3.18. The molecule has 4 rings (SSSR count). The Bertz CT molecular complexity index is 990. The van der Waals surface area contributed by atoms with Crippen LogP contribution in [-0.2, 0) is 0 Å². The number of aromatic amines is 1. The number of amides is 1. The molecule has 1 saturated heterocycles. The van der Waals surface area contributed by atoms with E-state index in [-0.39, 0.29) is 23.2 Å². The maximum absolute atomic E-state index is 12.6. The molecule has 1 fully saturated rings. The lowest BCUT2D eigenvalue weighted by atomic mass is 10.0. The average Bonchev–Trinajstić information content (AvgIpc) is 3.26. The lowest BCUT2D eigenvalue weighted by Gasteiger charge is -2.32. The van der Waals surface area contributed by atoms with Gasteiger partial charge in [-0.2, -0.15) is 0 Å². The second-order valence-electron chi connectivity index (χ2n) is 5.80. The molecule has 4 heterocycles. The van der Waals surface area contributed by atoms with Crippen LogP contribution in [0.1, 0.15) is 29.2 Å². The fraction of sp³-hybridized carbons (Fsp3) is 0.312. The molecule has 0 spiro atoms. The van der Waals surface area contributed by atoms with Crippen molar-refractivity contribution in [3.8, 4) is 0 Å². The first-order valence-electron chi connectivity index (χ1n) is 7.68. The number of rotatable bonds is 2. The Morgan fingerprint density at radius 1 is 1.25 bits per heavy atom. The van der Waals surface area contributed by atoms with E-state index >= 15 is 0 Å². The SMILES string of the molecule is O=C(c1ccoc1)N1CCC(n2c(=O)[nH]c3ccsc3c2=O)CC1. The van der Waals surface area contributed by atoms with E-state index < -0.39 is 0 Å². The Hall–Kier alpha value is -2.61. The third kappa shape index (κ3) is 2.39. The molecule has 0 saturated carbocycles. The molecule has 124 valence electrons. The quantitative estimate of drug-likeness (QED) is 0.767. The lowest BCUT2D eigenvalue weighted by Crippen LogP contribution is -2.44. The van der Waals surface area contributed by atoms with Crippen molar-refractivity contribution in [1.29, 1.82) is 0 Å². The zero-order valence-electron chi connectivity index (χ0n) is 12.7. The van der Waals surface area contributed by atoms with Crippen LogP contribution in [0.5, 0.6) is 0 Å². The zero-order valence-corrected chi connectivity index (χ0v) is 13.5. The van der Waals surface area contributed by atoms with E-state index in [0.29, 0.717) is 41.7 Å². The first kappa shape index (κ1) is 14.9. The van der Waals surface area contributed by atoms with Gasteiger partial charge in [0.2, 0.25) is 0 Å². The van der Waals surface area contributed by atoms with Gasteiger partial charge in [-0.25, -0.2) is 4.79 Å². The van der Waals surface area contributed by atoms with Crippen molar-refractivity contribution in [2.24, 2.45) is 0 Å².